The molecule has 1 aliphatic carbocycles. The van der Waals surface area contributed by atoms with E-state index in [1.165, 1.54) is 15.4 Å². The zero-order valence-electron chi connectivity index (χ0n) is 19.3. The molecule has 180 valence electrons. The van der Waals surface area contributed by atoms with Crippen LogP contribution >= 0.6 is 11.6 Å². The summed E-state index contributed by atoms with van der Waals surface area (Å²) in [6.07, 6.45) is 6.86. The number of sulfonamides is 1. The van der Waals surface area contributed by atoms with Crippen LogP contribution in [0.1, 0.15) is 49.4 Å². The maximum Gasteiger partial charge on any atom is 0.263 e. The molecule has 0 unspecified atom stereocenters. The molecule has 2 heterocycles. The summed E-state index contributed by atoms with van der Waals surface area (Å²) in [5, 5.41) is 4.83. The summed E-state index contributed by atoms with van der Waals surface area (Å²) < 4.78 is 30.1. The molecule has 0 radical (unpaired) electrons. The molecule has 0 bridgehead atoms. The van der Waals surface area contributed by atoms with Gasteiger partial charge in [-0.15, -0.1) is 0 Å². The number of halogens is 1. The Hall–Kier alpha value is -2.10. The number of para-hydroxylation sites is 1. The Kier molecular flexibility index (Phi) is 7.31. The summed E-state index contributed by atoms with van der Waals surface area (Å²) in [6, 6.07) is 7.71. The fourth-order valence-electron chi connectivity index (χ4n) is 4.73. The molecule has 2 aliphatic rings. The molecule has 1 saturated carbocycles. The molecule has 33 heavy (non-hydrogen) atoms. The van der Waals surface area contributed by atoms with Gasteiger partial charge in [0.15, 0.2) is 0 Å². The number of amides is 1. The summed E-state index contributed by atoms with van der Waals surface area (Å²) in [6.45, 7) is 4.01. The minimum atomic E-state index is -3.91. The van der Waals surface area contributed by atoms with E-state index in [0.29, 0.717) is 37.7 Å². The first kappa shape index (κ1) is 24.0. The quantitative estimate of drug-likeness (QED) is 0.615. The highest BCUT2D eigenvalue weighted by atomic mass is 35.5. The van der Waals surface area contributed by atoms with E-state index in [9.17, 15) is 13.2 Å². The van der Waals surface area contributed by atoms with Crippen LogP contribution in [0.2, 0.25) is 5.02 Å². The van der Waals surface area contributed by atoms with E-state index in [0.717, 1.165) is 31.4 Å². The lowest BCUT2D eigenvalue weighted by Gasteiger charge is -2.35. The first-order valence-electron chi connectivity index (χ1n) is 11.7. The van der Waals surface area contributed by atoms with E-state index in [1.807, 2.05) is 31.2 Å². The van der Waals surface area contributed by atoms with Crippen LogP contribution in [0, 0.1) is 0 Å². The third kappa shape index (κ3) is 4.90. The molecule has 10 heteroatoms. The molecule has 2 aromatic rings. The monoisotopic (exact) mass is 493 g/mol. The summed E-state index contributed by atoms with van der Waals surface area (Å²) in [7, 11) is -2.13. The van der Waals surface area contributed by atoms with Gasteiger partial charge in [0.2, 0.25) is 5.03 Å². The molecule has 0 spiro atoms. The lowest BCUT2D eigenvalue weighted by molar-refractivity contribution is 0.0692. The Labute approximate surface area is 201 Å². The van der Waals surface area contributed by atoms with E-state index in [1.54, 1.807) is 18.1 Å². The number of nitrogens with zero attached hydrogens (tertiary/aromatic N) is 5. The maximum atomic E-state index is 13.6. The highest BCUT2D eigenvalue weighted by molar-refractivity contribution is 7.89. The van der Waals surface area contributed by atoms with Crippen molar-refractivity contribution >= 4 is 33.2 Å². The highest BCUT2D eigenvalue weighted by Crippen LogP contribution is 2.29. The molecule has 0 N–H and O–H groups in total. The van der Waals surface area contributed by atoms with Crippen molar-refractivity contribution in [2.24, 2.45) is 0 Å². The van der Waals surface area contributed by atoms with Gasteiger partial charge in [-0.25, -0.2) is 8.42 Å². The average molecular weight is 494 g/mol. The SMILES string of the molecule is CCn1cc(C(=O)N(C)C2CCCCC2)c(S(=O)(=O)N2CCN(c3ccccc3Cl)CC2)n1. The first-order chi connectivity index (χ1) is 15.8. The highest BCUT2D eigenvalue weighted by Gasteiger charge is 2.36. The van der Waals surface area contributed by atoms with Crippen LogP contribution in [0.3, 0.4) is 0 Å². The summed E-state index contributed by atoms with van der Waals surface area (Å²) in [4.78, 5) is 17.2. The van der Waals surface area contributed by atoms with Crippen molar-refractivity contribution in [2.75, 3.05) is 38.1 Å². The second-order valence-electron chi connectivity index (χ2n) is 8.75. The molecule has 1 aliphatic heterocycles. The van der Waals surface area contributed by atoms with Gasteiger partial charge in [-0.1, -0.05) is 43.0 Å². The number of hydrogen-bond donors (Lipinski definition) is 0. The third-order valence-corrected chi connectivity index (χ3v) is 8.90. The molecule has 2 fully saturated rings. The molecule has 8 nitrogen and oxygen atoms in total. The van der Waals surface area contributed by atoms with Crippen LogP contribution in [0.5, 0.6) is 0 Å². The first-order valence-corrected chi connectivity index (χ1v) is 13.5. The van der Waals surface area contributed by atoms with Crippen LogP contribution < -0.4 is 4.90 Å². The predicted molar refractivity (Wildman–Crippen MR) is 129 cm³/mol. The van der Waals surface area contributed by atoms with Gasteiger partial charge in [0.1, 0.15) is 0 Å². The molecular weight excluding hydrogens is 462 g/mol. The van der Waals surface area contributed by atoms with Crippen LogP contribution in [0.4, 0.5) is 5.69 Å². The van der Waals surface area contributed by atoms with Crippen LogP contribution in [-0.4, -0.2) is 72.6 Å². The van der Waals surface area contributed by atoms with E-state index in [-0.39, 0.29) is 22.5 Å². The summed E-state index contributed by atoms with van der Waals surface area (Å²) >= 11 is 6.32. The van der Waals surface area contributed by atoms with Crippen molar-refractivity contribution in [3.8, 4) is 0 Å². The lowest BCUT2D eigenvalue weighted by atomic mass is 9.94. The number of aromatic nitrogens is 2. The van der Waals surface area contributed by atoms with E-state index < -0.39 is 10.0 Å². The Balaban J connectivity index is 1.55. The Morgan fingerprint density at radius 3 is 2.42 bits per heavy atom. The van der Waals surface area contributed by atoms with Gasteiger partial charge in [0, 0.05) is 52.0 Å². The molecule has 1 saturated heterocycles. The minimum absolute atomic E-state index is 0.136. The number of hydrogen-bond acceptors (Lipinski definition) is 5. The van der Waals surface area contributed by atoms with E-state index in [2.05, 4.69) is 10.00 Å². The smallest absolute Gasteiger partial charge is 0.263 e. The number of anilines is 1. The topological polar surface area (TPSA) is 78.8 Å². The normalized spacial score (nSPS) is 18.5. The van der Waals surface area contributed by atoms with Gasteiger partial charge in [-0.2, -0.15) is 9.40 Å². The third-order valence-electron chi connectivity index (χ3n) is 6.74. The fraction of sp³-hybridized carbons (Fsp3) is 0.565. The van der Waals surface area contributed by atoms with E-state index in [4.69, 9.17) is 11.6 Å². The van der Waals surface area contributed by atoms with Crippen LogP contribution in [-0.2, 0) is 16.6 Å². The van der Waals surface area contributed by atoms with Crippen molar-refractivity contribution in [2.45, 2.75) is 56.6 Å². The summed E-state index contributed by atoms with van der Waals surface area (Å²) in [5.41, 5.74) is 1.06. The van der Waals surface area contributed by atoms with Gasteiger partial charge in [-0.05, 0) is 31.9 Å². The largest absolute Gasteiger partial charge is 0.368 e. The Morgan fingerprint density at radius 2 is 1.79 bits per heavy atom. The average Bonchev–Trinajstić information content (AvgIpc) is 3.30. The summed E-state index contributed by atoms with van der Waals surface area (Å²) in [5.74, 6) is -0.269. The predicted octanol–water partition coefficient (Wildman–Crippen LogP) is 3.47. The van der Waals surface area contributed by atoms with Crippen molar-refractivity contribution in [1.29, 1.82) is 0 Å². The van der Waals surface area contributed by atoms with Crippen molar-refractivity contribution < 1.29 is 13.2 Å². The van der Waals surface area contributed by atoms with Gasteiger partial charge < -0.3 is 9.80 Å². The van der Waals surface area contributed by atoms with Crippen LogP contribution in [0.15, 0.2) is 35.5 Å². The molecule has 1 aromatic carbocycles. The van der Waals surface area contributed by atoms with Crippen molar-refractivity contribution in [3.63, 3.8) is 0 Å². The number of rotatable bonds is 6. The molecule has 0 atom stereocenters. The lowest BCUT2D eigenvalue weighted by Crippen LogP contribution is -2.49. The second kappa shape index (κ2) is 10.0. The number of benzene rings is 1. The standard InChI is InChI=1S/C23H32ClN5O3S/c1-3-28-17-19(23(30)26(2)18-9-5-4-6-10-18)22(25-28)33(31,32)29-15-13-27(14-16-29)21-12-8-7-11-20(21)24/h7-8,11-12,17-18H,3-6,9-10,13-16H2,1-2H3. The Bertz CT molecular complexity index is 1090. The number of piperazine rings is 1. The van der Waals surface area contributed by atoms with Gasteiger partial charge in [0.05, 0.1) is 16.3 Å². The Morgan fingerprint density at radius 1 is 1.12 bits per heavy atom. The second-order valence-corrected chi connectivity index (χ2v) is 11.0. The molecule has 1 amide bonds. The minimum Gasteiger partial charge on any atom is -0.368 e. The van der Waals surface area contributed by atoms with Crippen molar-refractivity contribution in [1.82, 2.24) is 19.0 Å². The van der Waals surface area contributed by atoms with Gasteiger partial charge in [0.25, 0.3) is 15.9 Å². The van der Waals surface area contributed by atoms with Crippen molar-refractivity contribution in [3.05, 3.63) is 41.0 Å². The van der Waals surface area contributed by atoms with Gasteiger partial charge in [-0.3, -0.25) is 9.48 Å². The zero-order chi connectivity index (χ0) is 23.6. The number of carbonyl (C=O) groups excluding carboxylic acids is 1. The number of carbonyl (C=O) groups is 1. The zero-order valence-corrected chi connectivity index (χ0v) is 20.9. The van der Waals surface area contributed by atoms with Gasteiger partial charge >= 0.3 is 0 Å². The maximum absolute atomic E-state index is 13.6. The number of aryl methyl sites for hydroxylation is 1. The van der Waals surface area contributed by atoms with E-state index >= 15 is 0 Å². The molecule has 1 aromatic heterocycles. The molecule has 4 rings (SSSR count). The fourth-order valence-corrected chi connectivity index (χ4v) is 6.50. The van der Waals surface area contributed by atoms with Crippen LogP contribution in [0.25, 0.3) is 0 Å². The molecular formula is C23H32ClN5O3S.